The van der Waals surface area contributed by atoms with Crippen LogP contribution in [-0.4, -0.2) is 29.1 Å². The van der Waals surface area contributed by atoms with Gasteiger partial charge < -0.3 is 20.1 Å². The molecule has 4 rings (SSSR count). The van der Waals surface area contributed by atoms with Crippen molar-refractivity contribution in [2.45, 2.75) is 13.8 Å². The lowest BCUT2D eigenvalue weighted by Crippen LogP contribution is -2.16. The Morgan fingerprint density at radius 2 is 1.75 bits per heavy atom. The summed E-state index contributed by atoms with van der Waals surface area (Å²) in [6.45, 7) is 4.85. The van der Waals surface area contributed by atoms with Gasteiger partial charge in [0.25, 0.3) is 5.91 Å². The van der Waals surface area contributed by atoms with Crippen LogP contribution in [0.4, 0.5) is 17.3 Å². The Hall–Kier alpha value is -3.61. The summed E-state index contributed by atoms with van der Waals surface area (Å²) in [7, 11) is 0. The number of carbonyl (C=O) groups excluding carboxylic acids is 1. The third-order valence-electron chi connectivity index (χ3n) is 4.16. The number of benzene rings is 2. The third-order valence-corrected chi connectivity index (χ3v) is 4.16. The summed E-state index contributed by atoms with van der Waals surface area (Å²) in [5.41, 5.74) is 3.51. The highest BCUT2D eigenvalue weighted by molar-refractivity contribution is 6.03. The Bertz CT molecular complexity index is 1040. The zero-order valence-electron chi connectivity index (χ0n) is 15.7. The van der Waals surface area contributed by atoms with Crippen molar-refractivity contribution < 1.29 is 14.3 Å². The highest BCUT2D eigenvalue weighted by Gasteiger charge is 2.14. The first-order valence-electron chi connectivity index (χ1n) is 8.97. The molecule has 0 radical (unpaired) electrons. The van der Waals surface area contributed by atoms with Crippen molar-refractivity contribution in [1.82, 2.24) is 9.97 Å². The van der Waals surface area contributed by atoms with Crippen LogP contribution in [0.3, 0.4) is 0 Å². The number of nitrogens with zero attached hydrogens (tertiary/aromatic N) is 2. The standard InChI is InChI=1S/C21H20N4O3/c1-13-4-3-5-15(10-13)23-20(26)17-11-14(2)22-21(25-17)24-16-6-7-18-19(12-16)28-9-8-27-18/h3-7,10-12H,8-9H2,1-2H3,(H,23,26)(H,22,24,25). The maximum Gasteiger partial charge on any atom is 0.274 e. The number of rotatable bonds is 4. The molecule has 28 heavy (non-hydrogen) atoms. The molecule has 0 bridgehead atoms. The third kappa shape index (κ3) is 4.03. The predicted molar refractivity (Wildman–Crippen MR) is 107 cm³/mol. The molecular weight excluding hydrogens is 356 g/mol. The minimum atomic E-state index is -0.290. The van der Waals surface area contributed by atoms with Gasteiger partial charge in [0.1, 0.15) is 18.9 Å². The van der Waals surface area contributed by atoms with Crippen molar-refractivity contribution in [2.75, 3.05) is 23.8 Å². The van der Waals surface area contributed by atoms with Crippen LogP contribution in [0.5, 0.6) is 11.5 Å². The fourth-order valence-corrected chi connectivity index (χ4v) is 2.91. The molecule has 2 aromatic carbocycles. The molecule has 0 fully saturated rings. The Balaban J connectivity index is 1.54. The van der Waals surface area contributed by atoms with E-state index in [0.29, 0.717) is 36.4 Å². The van der Waals surface area contributed by atoms with E-state index < -0.39 is 0 Å². The lowest BCUT2D eigenvalue weighted by atomic mass is 10.2. The van der Waals surface area contributed by atoms with E-state index in [-0.39, 0.29) is 11.6 Å². The van der Waals surface area contributed by atoms with Crippen molar-refractivity contribution in [3.63, 3.8) is 0 Å². The molecule has 0 saturated carbocycles. The number of fused-ring (bicyclic) bond motifs is 1. The summed E-state index contributed by atoms with van der Waals surface area (Å²) in [6.07, 6.45) is 0. The number of carbonyl (C=O) groups is 1. The molecule has 3 aromatic rings. The van der Waals surface area contributed by atoms with E-state index in [1.807, 2.05) is 56.3 Å². The van der Waals surface area contributed by atoms with Crippen LogP contribution < -0.4 is 20.1 Å². The average Bonchev–Trinajstić information content (AvgIpc) is 2.67. The number of hydrogen-bond acceptors (Lipinski definition) is 6. The molecule has 2 N–H and O–H groups in total. The summed E-state index contributed by atoms with van der Waals surface area (Å²) in [4.78, 5) is 21.3. The van der Waals surface area contributed by atoms with E-state index >= 15 is 0 Å². The molecule has 1 aromatic heterocycles. The molecule has 0 atom stereocenters. The average molecular weight is 376 g/mol. The van der Waals surface area contributed by atoms with Crippen molar-refractivity contribution in [1.29, 1.82) is 0 Å². The second-order valence-corrected chi connectivity index (χ2v) is 6.53. The van der Waals surface area contributed by atoms with Gasteiger partial charge in [0, 0.05) is 23.1 Å². The van der Waals surface area contributed by atoms with Crippen molar-refractivity contribution in [3.8, 4) is 11.5 Å². The maximum atomic E-state index is 12.6. The molecule has 7 nitrogen and oxygen atoms in total. The maximum absolute atomic E-state index is 12.6. The number of aromatic nitrogens is 2. The molecule has 0 saturated heterocycles. The van der Waals surface area contributed by atoms with Crippen LogP contribution in [0.2, 0.25) is 0 Å². The van der Waals surface area contributed by atoms with Crippen molar-refractivity contribution in [2.24, 2.45) is 0 Å². The minimum absolute atomic E-state index is 0.286. The van der Waals surface area contributed by atoms with Gasteiger partial charge in [-0.3, -0.25) is 4.79 Å². The molecule has 1 amide bonds. The first-order chi connectivity index (χ1) is 13.6. The smallest absolute Gasteiger partial charge is 0.274 e. The molecule has 2 heterocycles. The van der Waals surface area contributed by atoms with Gasteiger partial charge in [0.2, 0.25) is 5.95 Å². The zero-order valence-corrected chi connectivity index (χ0v) is 15.7. The van der Waals surface area contributed by atoms with E-state index in [4.69, 9.17) is 9.47 Å². The van der Waals surface area contributed by atoms with Gasteiger partial charge in [-0.2, -0.15) is 0 Å². The Kier molecular flexibility index (Phi) is 4.80. The van der Waals surface area contributed by atoms with Crippen molar-refractivity contribution >= 4 is 23.2 Å². The van der Waals surface area contributed by atoms with Gasteiger partial charge in [-0.05, 0) is 49.7 Å². The summed E-state index contributed by atoms with van der Waals surface area (Å²) in [5.74, 6) is 1.42. The fraction of sp³-hybridized carbons (Fsp3) is 0.190. The van der Waals surface area contributed by atoms with Gasteiger partial charge in [0.15, 0.2) is 11.5 Å². The first-order valence-corrected chi connectivity index (χ1v) is 8.97. The van der Waals surface area contributed by atoms with Gasteiger partial charge >= 0.3 is 0 Å². The van der Waals surface area contributed by atoms with Crippen LogP contribution in [-0.2, 0) is 0 Å². The highest BCUT2D eigenvalue weighted by atomic mass is 16.6. The lowest BCUT2D eigenvalue weighted by molar-refractivity contribution is 0.102. The number of nitrogens with one attached hydrogen (secondary N) is 2. The van der Waals surface area contributed by atoms with Gasteiger partial charge in [-0.15, -0.1) is 0 Å². The van der Waals surface area contributed by atoms with E-state index in [9.17, 15) is 4.79 Å². The topological polar surface area (TPSA) is 85.4 Å². The number of anilines is 3. The molecule has 7 heteroatoms. The normalized spacial score (nSPS) is 12.4. The van der Waals surface area contributed by atoms with Crippen LogP contribution in [0.25, 0.3) is 0 Å². The van der Waals surface area contributed by atoms with Gasteiger partial charge in [0.05, 0.1) is 0 Å². The molecule has 0 aliphatic carbocycles. The quantitative estimate of drug-likeness (QED) is 0.719. The summed E-state index contributed by atoms with van der Waals surface area (Å²) >= 11 is 0. The first kappa shape index (κ1) is 17.8. The highest BCUT2D eigenvalue weighted by Crippen LogP contribution is 2.33. The molecule has 0 spiro atoms. The minimum Gasteiger partial charge on any atom is -0.486 e. The second kappa shape index (κ2) is 7.56. The second-order valence-electron chi connectivity index (χ2n) is 6.53. The zero-order chi connectivity index (χ0) is 19.5. The summed E-state index contributed by atoms with van der Waals surface area (Å²) < 4.78 is 11.1. The number of hydrogen-bond donors (Lipinski definition) is 2. The van der Waals surface area contributed by atoms with Crippen LogP contribution in [0.1, 0.15) is 21.7 Å². The van der Waals surface area contributed by atoms with E-state index in [0.717, 1.165) is 16.9 Å². The monoisotopic (exact) mass is 376 g/mol. The largest absolute Gasteiger partial charge is 0.486 e. The fourth-order valence-electron chi connectivity index (χ4n) is 2.91. The number of amides is 1. The molecule has 0 unspecified atom stereocenters. The summed E-state index contributed by atoms with van der Waals surface area (Å²) in [6, 6.07) is 14.8. The van der Waals surface area contributed by atoms with E-state index in [1.165, 1.54) is 0 Å². The Morgan fingerprint density at radius 1 is 0.929 bits per heavy atom. The molecule has 1 aliphatic heterocycles. The SMILES string of the molecule is Cc1cccc(NC(=O)c2cc(C)nc(Nc3ccc4c(c3)OCCO4)n2)c1. The van der Waals surface area contributed by atoms with Crippen LogP contribution in [0.15, 0.2) is 48.5 Å². The Labute approximate surface area is 162 Å². The molecule has 142 valence electrons. The number of ether oxygens (including phenoxy) is 2. The van der Waals surface area contributed by atoms with Crippen molar-refractivity contribution in [3.05, 3.63) is 65.5 Å². The van der Waals surface area contributed by atoms with Gasteiger partial charge in [-0.1, -0.05) is 12.1 Å². The lowest BCUT2D eigenvalue weighted by Gasteiger charge is -2.19. The van der Waals surface area contributed by atoms with Crippen LogP contribution in [0, 0.1) is 13.8 Å². The Morgan fingerprint density at radius 3 is 2.57 bits per heavy atom. The van der Waals surface area contributed by atoms with Gasteiger partial charge in [-0.25, -0.2) is 9.97 Å². The number of aryl methyl sites for hydroxylation is 2. The summed E-state index contributed by atoms with van der Waals surface area (Å²) in [5, 5.41) is 5.99. The van der Waals surface area contributed by atoms with Crippen LogP contribution >= 0.6 is 0 Å². The van der Waals surface area contributed by atoms with E-state index in [1.54, 1.807) is 6.07 Å². The predicted octanol–water partition coefficient (Wildman–Crippen LogP) is 3.86. The van der Waals surface area contributed by atoms with E-state index in [2.05, 4.69) is 20.6 Å². The molecule has 1 aliphatic rings. The molecular formula is C21H20N4O3.